The lowest BCUT2D eigenvalue weighted by molar-refractivity contribution is 0.00578. The molecule has 0 atom stereocenters. The van der Waals surface area contributed by atoms with Crippen LogP contribution in [0.5, 0.6) is 0 Å². The van der Waals surface area contributed by atoms with Gasteiger partial charge in [-0.15, -0.1) is 0 Å². The monoisotopic (exact) mass is 322 g/mol. The first kappa shape index (κ1) is 20.3. The first-order valence-corrected chi connectivity index (χ1v) is 7.99. The fraction of sp³-hybridized carbons (Fsp3) is 0.846. The first-order valence-electron chi connectivity index (χ1n) is 6.41. The molecule has 0 bridgehead atoms. The number of halogens is 1. The van der Waals surface area contributed by atoms with Gasteiger partial charge in [0.05, 0.1) is 24.1 Å². The summed E-state index contributed by atoms with van der Waals surface area (Å²) >= 11 is 2.94. The van der Waals surface area contributed by atoms with Crippen LogP contribution >= 0.6 is 15.9 Å². The molecule has 0 aromatic rings. The zero-order chi connectivity index (χ0) is 14.8. The third kappa shape index (κ3) is 6.25. The van der Waals surface area contributed by atoms with Crippen LogP contribution in [0.25, 0.3) is 0 Å². The molecule has 0 aromatic heterocycles. The summed E-state index contributed by atoms with van der Waals surface area (Å²) < 4.78 is 16.5. The molecule has 0 N–H and O–H groups in total. The van der Waals surface area contributed by atoms with Gasteiger partial charge in [-0.3, -0.25) is 0 Å². The molecule has 1 aliphatic rings. The van der Waals surface area contributed by atoms with E-state index in [0.717, 1.165) is 0 Å². The summed E-state index contributed by atoms with van der Waals surface area (Å²) in [6.07, 6.45) is 1.63. The van der Waals surface area contributed by atoms with Gasteiger partial charge in [-0.05, 0) is 46.4 Å². The standard InChI is InChI=1S/C10H19BO3.C2H6.CH3Br/c1-6-12-8-7-11-13-9(2,3)10(4,5)14-11;2*1-2/h7-8H,6H2,1-5H3;1-2H3;1H3/b8-7+;;. The third-order valence-electron chi connectivity index (χ3n) is 2.77. The summed E-state index contributed by atoms with van der Waals surface area (Å²) in [4.78, 5) is 0. The maximum atomic E-state index is 5.72. The van der Waals surface area contributed by atoms with Gasteiger partial charge in [0.15, 0.2) is 0 Å². The number of hydrogen-bond donors (Lipinski definition) is 0. The quantitative estimate of drug-likeness (QED) is 0.442. The Bertz CT molecular complexity index is 214. The van der Waals surface area contributed by atoms with Crippen molar-refractivity contribution in [3.63, 3.8) is 0 Å². The van der Waals surface area contributed by atoms with Crippen LogP contribution in [0.15, 0.2) is 12.2 Å². The van der Waals surface area contributed by atoms with Gasteiger partial charge in [0.25, 0.3) is 0 Å². The van der Waals surface area contributed by atoms with Crippen molar-refractivity contribution in [1.82, 2.24) is 0 Å². The maximum absolute atomic E-state index is 5.72. The van der Waals surface area contributed by atoms with Gasteiger partial charge in [-0.1, -0.05) is 29.8 Å². The molecule has 1 rings (SSSR count). The lowest BCUT2D eigenvalue weighted by atomic mass is 9.90. The van der Waals surface area contributed by atoms with E-state index in [1.165, 1.54) is 0 Å². The highest BCUT2D eigenvalue weighted by Crippen LogP contribution is 2.36. The number of hydrogen-bond acceptors (Lipinski definition) is 3. The second kappa shape index (κ2) is 9.87. The molecule has 0 spiro atoms. The largest absolute Gasteiger partial charge is 0.502 e. The van der Waals surface area contributed by atoms with Gasteiger partial charge < -0.3 is 14.0 Å². The van der Waals surface area contributed by atoms with Crippen LogP contribution in [-0.2, 0) is 14.0 Å². The third-order valence-corrected chi connectivity index (χ3v) is 2.77. The summed E-state index contributed by atoms with van der Waals surface area (Å²) in [6, 6.07) is 0. The minimum atomic E-state index is -0.299. The van der Waals surface area contributed by atoms with Crippen molar-refractivity contribution in [3.8, 4) is 0 Å². The van der Waals surface area contributed by atoms with E-state index in [9.17, 15) is 0 Å². The van der Waals surface area contributed by atoms with Crippen LogP contribution in [-0.4, -0.2) is 30.8 Å². The van der Waals surface area contributed by atoms with Crippen molar-refractivity contribution >= 4 is 23.0 Å². The van der Waals surface area contributed by atoms with Gasteiger partial charge >= 0.3 is 7.12 Å². The van der Waals surface area contributed by atoms with Crippen molar-refractivity contribution in [2.24, 2.45) is 0 Å². The van der Waals surface area contributed by atoms with Crippen molar-refractivity contribution < 1.29 is 14.0 Å². The Morgan fingerprint density at radius 1 is 1.06 bits per heavy atom. The molecule has 108 valence electrons. The predicted octanol–water partition coefficient (Wildman–Crippen LogP) is 4.21. The fourth-order valence-electron chi connectivity index (χ4n) is 1.18. The topological polar surface area (TPSA) is 27.7 Å². The van der Waals surface area contributed by atoms with E-state index in [1.807, 2.05) is 54.3 Å². The molecule has 0 aromatic carbocycles. The highest BCUT2D eigenvalue weighted by molar-refractivity contribution is 9.08. The van der Waals surface area contributed by atoms with E-state index in [4.69, 9.17) is 14.0 Å². The summed E-state index contributed by atoms with van der Waals surface area (Å²) in [7, 11) is -0.299. The van der Waals surface area contributed by atoms with Crippen LogP contribution in [0.2, 0.25) is 0 Å². The highest BCUT2D eigenvalue weighted by atomic mass is 79.9. The summed E-state index contributed by atoms with van der Waals surface area (Å²) in [5.41, 5.74) is -0.539. The molecule has 0 unspecified atom stereocenters. The molecule has 1 fully saturated rings. The Balaban J connectivity index is 0. The van der Waals surface area contributed by atoms with Crippen LogP contribution in [0, 0.1) is 0 Å². The van der Waals surface area contributed by atoms with E-state index in [1.54, 1.807) is 12.2 Å². The average molecular weight is 323 g/mol. The van der Waals surface area contributed by atoms with Gasteiger partial charge in [-0.2, -0.15) is 0 Å². The zero-order valence-corrected chi connectivity index (χ0v) is 14.6. The number of ether oxygens (including phenoxy) is 1. The molecular formula is C13H28BBrO3. The van der Waals surface area contributed by atoms with Gasteiger partial charge in [0.2, 0.25) is 0 Å². The summed E-state index contributed by atoms with van der Waals surface area (Å²) in [5, 5.41) is 0. The summed E-state index contributed by atoms with van der Waals surface area (Å²) in [5.74, 6) is 3.60. The number of rotatable bonds is 3. The normalized spacial score (nSPS) is 19.7. The fourth-order valence-corrected chi connectivity index (χ4v) is 1.18. The molecule has 3 nitrogen and oxygen atoms in total. The molecule has 0 amide bonds. The molecule has 1 aliphatic heterocycles. The smallest absolute Gasteiger partial charge is 0.490 e. The Kier molecular flexibility index (Phi) is 11.1. The highest BCUT2D eigenvalue weighted by Gasteiger charge is 2.50. The number of alkyl halides is 1. The molecule has 0 aliphatic carbocycles. The molecule has 0 radical (unpaired) electrons. The van der Waals surface area contributed by atoms with Crippen molar-refractivity contribution in [1.29, 1.82) is 0 Å². The van der Waals surface area contributed by atoms with E-state index in [2.05, 4.69) is 15.9 Å². The van der Waals surface area contributed by atoms with Crippen LogP contribution in [0.1, 0.15) is 48.5 Å². The van der Waals surface area contributed by atoms with Crippen molar-refractivity contribution in [2.75, 3.05) is 12.4 Å². The molecule has 5 heteroatoms. The summed E-state index contributed by atoms with van der Waals surface area (Å²) in [6.45, 7) is 14.7. The van der Waals surface area contributed by atoms with Crippen molar-refractivity contribution in [2.45, 2.75) is 59.7 Å². The first-order chi connectivity index (χ1) is 8.39. The minimum absolute atomic E-state index is 0.270. The molecule has 1 saturated heterocycles. The average Bonchev–Trinajstić information content (AvgIpc) is 2.53. The molecule has 0 saturated carbocycles. The van der Waals surface area contributed by atoms with E-state index in [-0.39, 0.29) is 18.3 Å². The SMILES string of the molecule is CBr.CC.CCO/C=C/B1OC(C)(C)C(C)(C)O1. The zero-order valence-electron chi connectivity index (χ0n) is 13.0. The lowest BCUT2D eigenvalue weighted by Gasteiger charge is -2.32. The van der Waals surface area contributed by atoms with Crippen LogP contribution in [0.3, 0.4) is 0 Å². The van der Waals surface area contributed by atoms with Gasteiger partial charge in [0.1, 0.15) is 0 Å². The molecule has 18 heavy (non-hydrogen) atoms. The van der Waals surface area contributed by atoms with Crippen molar-refractivity contribution in [3.05, 3.63) is 12.2 Å². The lowest BCUT2D eigenvalue weighted by Crippen LogP contribution is -2.41. The molecule has 1 heterocycles. The predicted molar refractivity (Wildman–Crippen MR) is 83.0 cm³/mol. The Morgan fingerprint density at radius 2 is 1.44 bits per heavy atom. The maximum Gasteiger partial charge on any atom is 0.490 e. The second-order valence-corrected chi connectivity index (χ2v) is 4.41. The molecular weight excluding hydrogens is 295 g/mol. The van der Waals surface area contributed by atoms with Gasteiger partial charge in [0, 0.05) is 0 Å². The van der Waals surface area contributed by atoms with Crippen LogP contribution < -0.4 is 0 Å². The van der Waals surface area contributed by atoms with E-state index >= 15 is 0 Å². The van der Waals surface area contributed by atoms with E-state index in [0.29, 0.717) is 6.61 Å². The Hall–Kier alpha value is 0.00494. The second-order valence-electron chi connectivity index (χ2n) is 4.41. The van der Waals surface area contributed by atoms with E-state index < -0.39 is 0 Å². The Morgan fingerprint density at radius 3 is 1.78 bits per heavy atom. The minimum Gasteiger partial charge on any atom is -0.502 e. The Labute approximate surface area is 122 Å². The van der Waals surface area contributed by atoms with Gasteiger partial charge in [-0.25, -0.2) is 0 Å². The van der Waals surface area contributed by atoms with Crippen LogP contribution in [0.4, 0.5) is 0 Å².